The number of nitrogens with one attached hydrogen (secondary N) is 2. The molecule has 35 heavy (non-hydrogen) atoms. The number of likely N-dealkylation sites (tertiary alicyclic amines) is 1. The zero-order valence-electron chi connectivity index (χ0n) is 19.5. The molecule has 8 nitrogen and oxygen atoms in total. The standard InChI is InChI=1S/C26H28ClN5O3/c1-18(23-4-2-3-13-28-23)29-24-10-7-20(16-25(24)32(34)35)26(33)30-22-11-14-31(15-12-22)17-19-5-8-21(27)9-6-19/h2-10,13,16,18,22,29H,11-12,14-15,17H2,1H3,(H,30,33). The van der Waals surface area contributed by atoms with Gasteiger partial charge in [-0.1, -0.05) is 29.8 Å². The lowest BCUT2D eigenvalue weighted by Crippen LogP contribution is -2.44. The molecule has 1 aliphatic rings. The molecule has 0 aliphatic carbocycles. The van der Waals surface area contributed by atoms with Crippen LogP contribution in [0, 0.1) is 10.1 Å². The van der Waals surface area contributed by atoms with Crippen LogP contribution in [0.5, 0.6) is 0 Å². The van der Waals surface area contributed by atoms with Gasteiger partial charge >= 0.3 is 0 Å². The number of rotatable bonds is 8. The number of anilines is 1. The molecule has 1 aliphatic heterocycles. The first-order valence-electron chi connectivity index (χ1n) is 11.6. The summed E-state index contributed by atoms with van der Waals surface area (Å²) in [7, 11) is 0. The number of benzene rings is 2. The number of carbonyl (C=O) groups is 1. The highest BCUT2D eigenvalue weighted by Gasteiger charge is 2.24. The average molecular weight is 494 g/mol. The Morgan fingerprint density at radius 1 is 1.17 bits per heavy atom. The number of nitrogens with zero attached hydrogens (tertiary/aromatic N) is 3. The van der Waals surface area contributed by atoms with E-state index in [1.165, 1.54) is 11.6 Å². The number of nitro groups is 1. The first-order chi connectivity index (χ1) is 16.9. The minimum atomic E-state index is -0.473. The van der Waals surface area contributed by atoms with E-state index in [0.717, 1.165) is 43.2 Å². The lowest BCUT2D eigenvalue weighted by molar-refractivity contribution is -0.384. The Hall–Kier alpha value is -3.49. The Bertz CT molecular complexity index is 1170. The quantitative estimate of drug-likeness (QED) is 0.330. The van der Waals surface area contributed by atoms with E-state index in [1.807, 2.05) is 49.4 Å². The summed E-state index contributed by atoms with van der Waals surface area (Å²) in [5, 5.41) is 18.6. The van der Waals surface area contributed by atoms with Gasteiger partial charge < -0.3 is 10.6 Å². The summed E-state index contributed by atoms with van der Waals surface area (Å²) in [5.41, 5.74) is 2.45. The van der Waals surface area contributed by atoms with Gasteiger partial charge in [-0.2, -0.15) is 0 Å². The Labute approximate surface area is 209 Å². The van der Waals surface area contributed by atoms with Crippen LogP contribution in [0.15, 0.2) is 66.9 Å². The summed E-state index contributed by atoms with van der Waals surface area (Å²) in [6, 6.07) is 17.7. The molecule has 0 radical (unpaired) electrons. The molecule has 1 saturated heterocycles. The molecular formula is C26H28ClN5O3. The van der Waals surface area contributed by atoms with Gasteiger partial charge in [0.15, 0.2) is 0 Å². The van der Waals surface area contributed by atoms with Crippen LogP contribution in [0.1, 0.15) is 47.4 Å². The van der Waals surface area contributed by atoms with Crippen LogP contribution in [0.2, 0.25) is 5.02 Å². The van der Waals surface area contributed by atoms with Crippen molar-refractivity contribution in [2.24, 2.45) is 0 Å². The van der Waals surface area contributed by atoms with Crippen molar-refractivity contribution >= 4 is 28.9 Å². The number of hydrogen-bond acceptors (Lipinski definition) is 6. The van der Waals surface area contributed by atoms with Crippen LogP contribution < -0.4 is 10.6 Å². The third-order valence-electron chi connectivity index (χ3n) is 6.20. The first-order valence-corrected chi connectivity index (χ1v) is 12.0. The molecule has 1 unspecified atom stereocenters. The van der Waals surface area contributed by atoms with E-state index < -0.39 is 4.92 Å². The van der Waals surface area contributed by atoms with Gasteiger partial charge in [-0.25, -0.2) is 0 Å². The van der Waals surface area contributed by atoms with E-state index in [4.69, 9.17) is 11.6 Å². The number of pyridine rings is 1. The highest BCUT2D eigenvalue weighted by molar-refractivity contribution is 6.30. The molecule has 1 fully saturated rings. The van der Waals surface area contributed by atoms with Crippen molar-refractivity contribution in [1.29, 1.82) is 0 Å². The van der Waals surface area contributed by atoms with E-state index in [1.54, 1.807) is 18.3 Å². The summed E-state index contributed by atoms with van der Waals surface area (Å²) >= 11 is 5.96. The molecule has 0 saturated carbocycles. The molecule has 2 N–H and O–H groups in total. The summed E-state index contributed by atoms with van der Waals surface area (Å²) in [6.07, 6.45) is 3.32. The first kappa shape index (κ1) is 24.6. The summed E-state index contributed by atoms with van der Waals surface area (Å²) in [6.45, 7) is 4.45. The number of aromatic nitrogens is 1. The highest BCUT2D eigenvalue weighted by Crippen LogP contribution is 2.29. The molecule has 9 heteroatoms. The Morgan fingerprint density at radius 3 is 2.57 bits per heavy atom. The van der Waals surface area contributed by atoms with Crippen LogP contribution in [0.3, 0.4) is 0 Å². The fourth-order valence-corrected chi connectivity index (χ4v) is 4.36. The van der Waals surface area contributed by atoms with Crippen LogP contribution in [0.25, 0.3) is 0 Å². The van der Waals surface area contributed by atoms with Crippen molar-refractivity contribution in [2.75, 3.05) is 18.4 Å². The van der Waals surface area contributed by atoms with Gasteiger partial charge in [0.05, 0.1) is 16.7 Å². The molecule has 2 aromatic carbocycles. The number of hydrogen-bond donors (Lipinski definition) is 2. The Kier molecular flexibility index (Phi) is 7.94. The monoisotopic (exact) mass is 493 g/mol. The van der Waals surface area contributed by atoms with Crippen molar-refractivity contribution in [2.45, 2.75) is 38.4 Å². The van der Waals surface area contributed by atoms with E-state index in [2.05, 4.69) is 20.5 Å². The SMILES string of the molecule is CC(Nc1ccc(C(=O)NC2CCN(Cc3ccc(Cl)cc3)CC2)cc1[N+](=O)[O-])c1ccccn1. The third kappa shape index (κ3) is 6.55. The van der Waals surface area contributed by atoms with Gasteiger partial charge in [0.1, 0.15) is 5.69 Å². The van der Waals surface area contributed by atoms with E-state index in [9.17, 15) is 14.9 Å². The van der Waals surface area contributed by atoms with Gasteiger partial charge in [-0.3, -0.25) is 24.8 Å². The van der Waals surface area contributed by atoms with Crippen LogP contribution in [0.4, 0.5) is 11.4 Å². The third-order valence-corrected chi connectivity index (χ3v) is 6.45. The van der Waals surface area contributed by atoms with Gasteiger partial charge in [0.2, 0.25) is 0 Å². The average Bonchev–Trinajstić information content (AvgIpc) is 2.87. The highest BCUT2D eigenvalue weighted by atomic mass is 35.5. The van der Waals surface area contributed by atoms with Crippen molar-refractivity contribution in [3.8, 4) is 0 Å². The van der Waals surface area contributed by atoms with Crippen molar-refractivity contribution in [1.82, 2.24) is 15.2 Å². The number of halogens is 1. The summed E-state index contributed by atoms with van der Waals surface area (Å²) in [5.74, 6) is -0.298. The van der Waals surface area contributed by atoms with Crippen molar-refractivity contribution in [3.05, 3.63) is 98.8 Å². The smallest absolute Gasteiger partial charge is 0.293 e. The topological polar surface area (TPSA) is 100 Å². The molecule has 4 rings (SSSR count). The molecule has 0 spiro atoms. The Morgan fingerprint density at radius 2 is 1.91 bits per heavy atom. The molecule has 182 valence electrons. The normalized spacial score (nSPS) is 15.4. The van der Waals surface area contributed by atoms with Gasteiger partial charge in [0, 0.05) is 48.5 Å². The van der Waals surface area contributed by atoms with Crippen LogP contribution in [-0.4, -0.2) is 39.8 Å². The molecule has 1 aromatic heterocycles. The van der Waals surface area contributed by atoms with Crippen molar-refractivity contribution in [3.63, 3.8) is 0 Å². The van der Waals surface area contributed by atoms with Crippen LogP contribution >= 0.6 is 11.6 Å². The maximum Gasteiger partial charge on any atom is 0.293 e. The fraction of sp³-hybridized carbons (Fsp3) is 0.308. The predicted molar refractivity (Wildman–Crippen MR) is 137 cm³/mol. The van der Waals surface area contributed by atoms with Gasteiger partial charge in [-0.05, 0) is 61.7 Å². The molecule has 0 bridgehead atoms. The summed E-state index contributed by atoms with van der Waals surface area (Å²) < 4.78 is 0. The van der Waals surface area contributed by atoms with E-state index >= 15 is 0 Å². The lowest BCUT2D eigenvalue weighted by atomic mass is 10.0. The van der Waals surface area contributed by atoms with E-state index in [-0.39, 0.29) is 29.2 Å². The zero-order chi connectivity index (χ0) is 24.8. The van der Waals surface area contributed by atoms with Crippen LogP contribution in [-0.2, 0) is 6.54 Å². The lowest BCUT2D eigenvalue weighted by Gasteiger charge is -2.32. The number of amides is 1. The molecule has 1 atom stereocenters. The molecule has 3 aromatic rings. The number of carbonyl (C=O) groups excluding carboxylic acids is 1. The largest absolute Gasteiger partial charge is 0.371 e. The maximum atomic E-state index is 12.9. The summed E-state index contributed by atoms with van der Waals surface area (Å²) in [4.78, 5) is 30.7. The second kappa shape index (κ2) is 11.3. The predicted octanol–water partition coefficient (Wildman–Crippen LogP) is 5.21. The van der Waals surface area contributed by atoms with Gasteiger partial charge in [0.25, 0.3) is 11.6 Å². The molecule has 2 heterocycles. The maximum absolute atomic E-state index is 12.9. The zero-order valence-corrected chi connectivity index (χ0v) is 20.2. The molecule has 1 amide bonds. The molecular weight excluding hydrogens is 466 g/mol. The fourth-order valence-electron chi connectivity index (χ4n) is 4.24. The number of piperidine rings is 1. The Balaban J connectivity index is 1.35. The second-order valence-electron chi connectivity index (χ2n) is 8.76. The van der Waals surface area contributed by atoms with Crippen molar-refractivity contribution < 1.29 is 9.72 Å². The minimum Gasteiger partial charge on any atom is -0.371 e. The second-order valence-corrected chi connectivity index (χ2v) is 9.20. The number of nitro benzene ring substituents is 1. The van der Waals surface area contributed by atoms with E-state index in [0.29, 0.717) is 5.69 Å². The van der Waals surface area contributed by atoms with Gasteiger partial charge in [-0.15, -0.1) is 0 Å². The minimum absolute atomic E-state index is 0.0324.